The summed E-state index contributed by atoms with van der Waals surface area (Å²) in [7, 11) is 0. The molecule has 0 aromatic heterocycles. The smallest absolute Gasteiger partial charge is 0.0758 e. The van der Waals surface area contributed by atoms with Gasteiger partial charge in [0.1, 0.15) is 0 Å². The molecule has 1 rings (SSSR count). The second-order valence-electron chi connectivity index (χ2n) is 2.33. The fraction of sp³-hybridized carbons (Fsp3) is 1.00. The van der Waals surface area contributed by atoms with E-state index in [0.717, 1.165) is 6.54 Å². The van der Waals surface area contributed by atoms with Gasteiger partial charge in [-0.2, -0.15) is 0 Å². The summed E-state index contributed by atoms with van der Waals surface area (Å²) in [4.78, 5) is 2.63. The van der Waals surface area contributed by atoms with Gasteiger partial charge in [0, 0.05) is 11.5 Å². The van der Waals surface area contributed by atoms with Crippen LogP contribution in [0, 0.1) is 0 Å². The molecule has 0 bridgehead atoms. The molecule has 0 amide bonds. The minimum Gasteiger partial charge on any atom is -0.393 e. The van der Waals surface area contributed by atoms with E-state index in [2.05, 4.69) is 15.3 Å². The lowest BCUT2D eigenvalue weighted by molar-refractivity contribution is 0.116. The maximum absolute atomic E-state index is 9.20. The van der Waals surface area contributed by atoms with Gasteiger partial charge < -0.3 is 10.4 Å². The van der Waals surface area contributed by atoms with Crippen molar-refractivity contribution < 1.29 is 5.11 Å². The molecule has 2 N–H and O–H groups in total. The predicted molar refractivity (Wildman–Crippen MR) is 36.4 cm³/mol. The standard InChI is InChI=1S/C5H10N4O/c6-9-8-4-3-7-2-1-5(4)10/h4-5,7,10H,1-3H2/t4-,5-/m1/s1. The van der Waals surface area contributed by atoms with Crippen molar-refractivity contribution in [3.63, 3.8) is 0 Å². The maximum Gasteiger partial charge on any atom is 0.0758 e. The average Bonchev–Trinajstić information content (AvgIpc) is 1.94. The summed E-state index contributed by atoms with van der Waals surface area (Å²) < 4.78 is 0. The number of aliphatic hydroxyl groups excluding tert-OH is 1. The zero-order chi connectivity index (χ0) is 7.40. The van der Waals surface area contributed by atoms with Crippen LogP contribution in [0.15, 0.2) is 5.11 Å². The second-order valence-corrected chi connectivity index (χ2v) is 2.33. The normalized spacial score (nSPS) is 32.9. The lowest BCUT2D eigenvalue weighted by atomic mass is 10.1. The van der Waals surface area contributed by atoms with E-state index in [1.807, 2.05) is 0 Å². The number of nitrogens with one attached hydrogen (secondary N) is 1. The number of hydrogen-bond donors (Lipinski definition) is 2. The Morgan fingerprint density at radius 1 is 1.70 bits per heavy atom. The minimum absolute atomic E-state index is 0.279. The quantitative estimate of drug-likeness (QED) is 0.307. The Bertz CT molecular complexity index is 154. The van der Waals surface area contributed by atoms with E-state index in [1.54, 1.807) is 0 Å². The summed E-state index contributed by atoms with van der Waals surface area (Å²) in [6, 6.07) is -0.279. The molecule has 0 unspecified atom stereocenters. The molecule has 1 heterocycles. The first-order valence-corrected chi connectivity index (χ1v) is 3.27. The number of azide groups is 1. The second kappa shape index (κ2) is 3.41. The van der Waals surface area contributed by atoms with E-state index in [4.69, 9.17) is 5.53 Å². The third kappa shape index (κ3) is 1.60. The van der Waals surface area contributed by atoms with Crippen LogP contribution < -0.4 is 5.32 Å². The highest BCUT2D eigenvalue weighted by molar-refractivity contribution is 4.82. The fourth-order valence-electron chi connectivity index (χ4n) is 1.01. The van der Waals surface area contributed by atoms with Crippen LogP contribution in [0.2, 0.25) is 0 Å². The van der Waals surface area contributed by atoms with Gasteiger partial charge in [-0.05, 0) is 18.5 Å². The van der Waals surface area contributed by atoms with Gasteiger partial charge in [-0.25, -0.2) is 0 Å². The van der Waals surface area contributed by atoms with E-state index in [1.165, 1.54) is 0 Å². The fourth-order valence-corrected chi connectivity index (χ4v) is 1.01. The van der Waals surface area contributed by atoms with Crippen molar-refractivity contribution in [3.8, 4) is 0 Å². The van der Waals surface area contributed by atoms with Gasteiger partial charge in [0.05, 0.1) is 12.1 Å². The van der Waals surface area contributed by atoms with E-state index in [-0.39, 0.29) is 6.04 Å². The first-order valence-electron chi connectivity index (χ1n) is 3.27. The number of hydrogen-bond acceptors (Lipinski definition) is 3. The van der Waals surface area contributed by atoms with E-state index in [9.17, 15) is 5.11 Å². The van der Waals surface area contributed by atoms with Crippen molar-refractivity contribution in [3.05, 3.63) is 10.4 Å². The molecule has 56 valence electrons. The van der Waals surface area contributed by atoms with E-state index in [0.29, 0.717) is 13.0 Å². The lowest BCUT2D eigenvalue weighted by Gasteiger charge is -2.23. The van der Waals surface area contributed by atoms with Crippen molar-refractivity contribution >= 4 is 0 Å². The van der Waals surface area contributed by atoms with Gasteiger partial charge >= 0.3 is 0 Å². The number of nitrogens with zero attached hydrogens (tertiary/aromatic N) is 3. The Morgan fingerprint density at radius 2 is 2.50 bits per heavy atom. The summed E-state index contributed by atoms with van der Waals surface area (Å²) in [6.45, 7) is 1.39. The molecule has 1 aliphatic heterocycles. The predicted octanol–water partition coefficient (Wildman–Crippen LogP) is 0.0195. The van der Waals surface area contributed by atoms with Crippen LogP contribution in [0.25, 0.3) is 10.4 Å². The van der Waals surface area contributed by atoms with Crippen molar-refractivity contribution in [1.82, 2.24) is 5.32 Å². The number of rotatable bonds is 1. The van der Waals surface area contributed by atoms with Gasteiger partial charge in [-0.1, -0.05) is 5.11 Å². The zero-order valence-corrected chi connectivity index (χ0v) is 5.56. The molecule has 1 saturated heterocycles. The molecular weight excluding hydrogens is 132 g/mol. The van der Waals surface area contributed by atoms with Crippen LogP contribution in [0.4, 0.5) is 0 Å². The molecule has 5 nitrogen and oxygen atoms in total. The first kappa shape index (κ1) is 7.34. The van der Waals surface area contributed by atoms with Crippen LogP contribution in [-0.4, -0.2) is 30.3 Å². The Hall–Kier alpha value is -0.770. The molecule has 0 saturated carbocycles. The highest BCUT2D eigenvalue weighted by Crippen LogP contribution is 2.06. The Kier molecular flexibility index (Phi) is 2.50. The summed E-state index contributed by atoms with van der Waals surface area (Å²) in [6.07, 6.45) is 0.209. The Morgan fingerprint density at radius 3 is 3.10 bits per heavy atom. The van der Waals surface area contributed by atoms with Crippen LogP contribution in [-0.2, 0) is 0 Å². The molecule has 1 fully saturated rings. The molecule has 2 atom stereocenters. The molecule has 0 spiro atoms. The van der Waals surface area contributed by atoms with E-state index < -0.39 is 6.10 Å². The Balaban J connectivity index is 2.47. The lowest BCUT2D eigenvalue weighted by Crippen LogP contribution is -2.42. The largest absolute Gasteiger partial charge is 0.393 e. The van der Waals surface area contributed by atoms with Crippen molar-refractivity contribution in [2.75, 3.05) is 13.1 Å². The topological polar surface area (TPSA) is 81.0 Å². The van der Waals surface area contributed by atoms with Gasteiger partial charge in [-0.3, -0.25) is 0 Å². The molecule has 0 aliphatic carbocycles. The third-order valence-electron chi connectivity index (χ3n) is 1.61. The van der Waals surface area contributed by atoms with E-state index >= 15 is 0 Å². The number of piperidine rings is 1. The van der Waals surface area contributed by atoms with Crippen LogP contribution in [0.3, 0.4) is 0 Å². The molecular formula is C5H10N4O. The van der Waals surface area contributed by atoms with Crippen molar-refractivity contribution in [2.24, 2.45) is 5.11 Å². The van der Waals surface area contributed by atoms with Crippen LogP contribution in [0.5, 0.6) is 0 Å². The summed E-state index contributed by atoms with van der Waals surface area (Å²) in [5, 5.41) is 15.7. The third-order valence-corrected chi connectivity index (χ3v) is 1.61. The highest BCUT2D eigenvalue weighted by Gasteiger charge is 2.20. The molecule has 0 radical (unpaired) electrons. The summed E-state index contributed by atoms with van der Waals surface area (Å²) in [5.74, 6) is 0. The van der Waals surface area contributed by atoms with Gasteiger partial charge in [-0.15, -0.1) is 0 Å². The molecule has 1 aliphatic rings. The summed E-state index contributed by atoms with van der Waals surface area (Å²) in [5.41, 5.74) is 8.06. The average molecular weight is 142 g/mol. The highest BCUT2D eigenvalue weighted by atomic mass is 16.3. The van der Waals surface area contributed by atoms with Crippen LogP contribution >= 0.6 is 0 Å². The van der Waals surface area contributed by atoms with Crippen LogP contribution in [0.1, 0.15) is 6.42 Å². The van der Waals surface area contributed by atoms with Crippen molar-refractivity contribution in [1.29, 1.82) is 0 Å². The number of aliphatic hydroxyl groups is 1. The zero-order valence-electron chi connectivity index (χ0n) is 5.56. The molecule has 10 heavy (non-hydrogen) atoms. The molecule has 5 heteroatoms. The van der Waals surface area contributed by atoms with Crippen molar-refractivity contribution in [2.45, 2.75) is 18.6 Å². The monoisotopic (exact) mass is 142 g/mol. The molecule has 0 aromatic rings. The first-order chi connectivity index (χ1) is 4.84. The van der Waals surface area contributed by atoms with Gasteiger partial charge in [0.25, 0.3) is 0 Å². The van der Waals surface area contributed by atoms with Gasteiger partial charge in [0.2, 0.25) is 0 Å². The maximum atomic E-state index is 9.20. The summed E-state index contributed by atoms with van der Waals surface area (Å²) >= 11 is 0. The minimum atomic E-state index is -0.461. The molecule has 0 aromatic carbocycles. The SMILES string of the molecule is [N-]=[N+]=N[C@@H]1CNCC[C@H]1O. The van der Waals surface area contributed by atoms with Gasteiger partial charge in [0.15, 0.2) is 0 Å². The Labute approximate surface area is 58.7 Å².